The molecule has 0 spiro atoms. The summed E-state index contributed by atoms with van der Waals surface area (Å²) in [5.74, 6) is 0.357. The highest BCUT2D eigenvalue weighted by molar-refractivity contribution is 4.96. The largest absolute Gasteiger partial charge is 0.396 e. The third-order valence-electron chi connectivity index (χ3n) is 3.92. The molecule has 0 saturated heterocycles. The molecule has 0 aromatic carbocycles. The number of nitrogens with two attached hydrogens (primary N) is 1. The van der Waals surface area contributed by atoms with Crippen molar-refractivity contribution in [3.63, 3.8) is 0 Å². The van der Waals surface area contributed by atoms with Crippen molar-refractivity contribution in [2.45, 2.75) is 51.5 Å². The highest BCUT2D eigenvalue weighted by Crippen LogP contribution is 2.35. The zero-order chi connectivity index (χ0) is 12.0. The number of aliphatic hydroxyl groups is 1. The molecule has 3 N–H and O–H groups in total. The molecule has 1 fully saturated rings. The smallest absolute Gasteiger partial charge is 0.0468 e. The average Bonchev–Trinajstić information content (AvgIpc) is 2.78. The van der Waals surface area contributed by atoms with Gasteiger partial charge < -0.3 is 10.8 Å². The standard InChI is InChI=1S/C13H28N2O/c1-3-8-15(9-12(2)10-16)13(11-14)6-4-5-7-13/h12,16H,3-11,14H2,1-2H3. The van der Waals surface area contributed by atoms with Crippen LogP contribution in [-0.4, -0.2) is 41.8 Å². The number of hydrogen-bond acceptors (Lipinski definition) is 3. The summed E-state index contributed by atoms with van der Waals surface area (Å²) in [5, 5.41) is 9.19. The van der Waals surface area contributed by atoms with Crippen LogP contribution in [0.25, 0.3) is 0 Å². The van der Waals surface area contributed by atoms with Gasteiger partial charge in [-0.15, -0.1) is 0 Å². The molecule has 1 unspecified atom stereocenters. The number of nitrogens with zero attached hydrogens (tertiary/aromatic N) is 1. The van der Waals surface area contributed by atoms with Gasteiger partial charge in [0, 0.05) is 25.2 Å². The first-order valence-corrected chi connectivity index (χ1v) is 6.74. The third kappa shape index (κ3) is 3.19. The number of hydrogen-bond donors (Lipinski definition) is 2. The molecule has 0 radical (unpaired) electrons. The van der Waals surface area contributed by atoms with E-state index in [0.29, 0.717) is 5.92 Å². The van der Waals surface area contributed by atoms with Crippen LogP contribution in [-0.2, 0) is 0 Å². The summed E-state index contributed by atoms with van der Waals surface area (Å²) in [7, 11) is 0. The van der Waals surface area contributed by atoms with Crippen molar-refractivity contribution in [1.82, 2.24) is 4.90 Å². The van der Waals surface area contributed by atoms with Gasteiger partial charge >= 0.3 is 0 Å². The monoisotopic (exact) mass is 228 g/mol. The van der Waals surface area contributed by atoms with Crippen LogP contribution in [0.3, 0.4) is 0 Å². The Bertz CT molecular complexity index is 190. The van der Waals surface area contributed by atoms with Crippen molar-refractivity contribution >= 4 is 0 Å². The zero-order valence-corrected chi connectivity index (χ0v) is 10.9. The molecule has 0 bridgehead atoms. The Morgan fingerprint density at radius 3 is 2.44 bits per heavy atom. The van der Waals surface area contributed by atoms with Gasteiger partial charge in [0.15, 0.2) is 0 Å². The minimum Gasteiger partial charge on any atom is -0.396 e. The predicted octanol–water partition coefficient (Wildman–Crippen LogP) is 1.60. The molecule has 1 aliphatic carbocycles. The van der Waals surface area contributed by atoms with Crippen LogP contribution >= 0.6 is 0 Å². The summed E-state index contributed by atoms with van der Waals surface area (Å²) in [6.45, 7) is 7.48. The van der Waals surface area contributed by atoms with E-state index in [4.69, 9.17) is 5.73 Å². The molecule has 0 aromatic heterocycles. The van der Waals surface area contributed by atoms with E-state index in [0.717, 1.165) is 19.6 Å². The summed E-state index contributed by atoms with van der Waals surface area (Å²) in [5.41, 5.74) is 6.25. The van der Waals surface area contributed by atoms with E-state index < -0.39 is 0 Å². The molecule has 1 rings (SSSR count). The van der Waals surface area contributed by atoms with Crippen LogP contribution < -0.4 is 5.73 Å². The first-order chi connectivity index (χ1) is 7.68. The van der Waals surface area contributed by atoms with E-state index >= 15 is 0 Å². The molecule has 3 nitrogen and oxygen atoms in total. The molecule has 96 valence electrons. The second kappa shape index (κ2) is 6.58. The minimum absolute atomic E-state index is 0.236. The number of rotatable bonds is 7. The Hall–Kier alpha value is -0.120. The van der Waals surface area contributed by atoms with Gasteiger partial charge in [-0.2, -0.15) is 0 Å². The molecular weight excluding hydrogens is 200 g/mol. The second-order valence-electron chi connectivity index (χ2n) is 5.37. The molecule has 1 aliphatic rings. The van der Waals surface area contributed by atoms with Crippen molar-refractivity contribution in [3.8, 4) is 0 Å². The van der Waals surface area contributed by atoms with Crippen molar-refractivity contribution in [2.24, 2.45) is 11.7 Å². The van der Waals surface area contributed by atoms with Gasteiger partial charge in [-0.1, -0.05) is 26.7 Å². The van der Waals surface area contributed by atoms with Gasteiger partial charge in [0.25, 0.3) is 0 Å². The highest BCUT2D eigenvalue weighted by atomic mass is 16.3. The van der Waals surface area contributed by atoms with Gasteiger partial charge in [0.2, 0.25) is 0 Å². The lowest BCUT2D eigenvalue weighted by Crippen LogP contribution is -2.53. The van der Waals surface area contributed by atoms with Crippen LogP contribution in [0.15, 0.2) is 0 Å². The fraction of sp³-hybridized carbons (Fsp3) is 1.00. The first-order valence-electron chi connectivity index (χ1n) is 6.74. The van der Waals surface area contributed by atoms with Crippen LogP contribution in [0.2, 0.25) is 0 Å². The molecule has 0 aliphatic heterocycles. The van der Waals surface area contributed by atoms with Crippen molar-refractivity contribution in [3.05, 3.63) is 0 Å². The maximum atomic E-state index is 9.19. The Morgan fingerprint density at radius 2 is 2.00 bits per heavy atom. The lowest BCUT2D eigenvalue weighted by atomic mass is 9.93. The van der Waals surface area contributed by atoms with Gasteiger partial charge in [-0.05, 0) is 31.7 Å². The van der Waals surface area contributed by atoms with Crippen LogP contribution in [0.5, 0.6) is 0 Å². The van der Waals surface area contributed by atoms with Gasteiger partial charge in [0.05, 0.1) is 0 Å². The van der Waals surface area contributed by atoms with Crippen LogP contribution in [0, 0.1) is 5.92 Å². The molecule has 16 heavy (non-hydrogen) atoms. The molecular formula is C13H28N2O. The lowest BCUT2D eigenvalue weighted by molar-refractivity contribution is 0.0687. The Balaban J connectivity index is 2.65. The fourth-order valence-electron chi connectivity index (χ4n) is 2.91. The van der Waals surface area contributed by atoms with Crippen molar-refractivity contribution in [2.75, 3.05) is 26.2 Å². The maximum Gasteiger partial charge on any atom is 0.0468 e. The summed E-state index contributed by atoms with van der Waals surface area (Å²) in [4.78, 5) is 2.54. The van der Waals surface area contributed by atoms with Gasteiger partial charge in [-0.3, -0.25) is 4.90 Å². The SMILES string of the molecule is CCCN(CC(C)CO)C1(CN)CCCC1. The molecule has 1 atom stereocenters. The molecule has 3 heteroatoms. The van der Waals surface area contributed by atoms with Crippen LogP contribution in [0.1, 0.15) is 46.0 Å². The zero-order valence-electron chi connectivity index (χ0n) is 10.9. The second-order valence-corrected chi connectivity index (χ2v) is 5.37. The normalized spacial score (nSPS) is 21.6. The lowest BCUT2D eigenvalue weighted by Gasteiger charge is -2.42. The number of aliphatic hydroxyl groups excluding tert-OH is 1. The van der Waals surface area contributed by atoms with Crippen molar-refractivity contribution in [1.29, 1.82) is 0 Å². The topological polar surface area (TPSA) is 49.5 Å². The van der Waals surface area contributed by atoms with E-state index in [-0.39, 0.29) is 12.1 Å². The molecule has 0 heterocycles. The Morgan fingerprint density at radius 1 is 1.38 bits per heavy atom. The summed E-state index contributed by atoms with van der Waals surface area (Å²) < 4.78 is 0. The highest BCUT2D eigenvalue weighted by Gasteiger charge is 2.38. The fourth-order valence-corrected chi connectivity index (χ4v) is 2.91. The Kier molecular flexibility index (Phi) is 5.73. The summed E-state index contributed by atoms with van der Waals surface area (Å²) in [6, 6.07) is 0. The predicted molar refractivity (Wildman–Crippen MR) is 68.4 cm³/mol. The molecule has 1 saturated carbocycles. The maximum absolute atomic E-state index is 9.19. The molecule has 0 amide bonds. The average molecular weight is 228 g/mol. The van der Waals surface area contributed by atoms with Gasteiger partial charge in [-0.25, -0.2) is 0 Å². The van der Waals surface area contributed by atoms with E-state index in [1.54, 1.807) is 0 Å². The quantitative estimate of drug-likeness (QED) is 0.696. The first kappa shape index (κ1) is 13.9. The third-order valence-corrected chi connectivity index (χ3v) is 3.92. The van der Waals surface area contributed by atoms with Crippen molar-refractivity contribution < 1.29 is 5.11 Å². The molecule has 0 aromatic rings. The van der Waals surface area contributed by atoms with Crippen LogP contribution in [0.4, 0.5) is 0 Å². The summed E-state index contributed by atoms with van der Waals surface area (Å²) >= 11 is 0. The van der Waals surface area contributed by atoms with E-state index in [1.165, 1.54) is 32.1 Å². The Labute approximate surface area is 100 Å². The van der Waals surface area contributed by atoms with Gasteiger partial charge in [0.1, 0.15) is 0 Å². The minimum atomic E-state index is 0.236. The van der Waals surface area contributed by atoms with E-state index in [9.17, 15) is 5.11 Å². The van der Waals surface area contributed by atoms with E-state index in [2.05, 4.69) is 18.7 Å². The summed E-state index contributed by atoms with van der Waals surface area (Å²) in [6.07, 6.45) is 6.26. The van der Waals surface area contributed by atoms with E-state index in [1.807, 2.05) is 0 Å².